The van der Waals surface area contributed by atoms with E-state index in [0.717, 1.165) is 25.6 Å². The molecule has 0 aromatic heterocycles. The fraction of sp³-hybridized carbons (Fsp3) is 1.00. The van der Waals surface area contributed by atoms with Gasteiger partial charge in [0.1, 0.15) is 0 Å². The summed E-state index contributed by atoms with van der Waals surface area (Å²) in [7, 11) is 0. The SMILES string of the molecule is CCCNC(CO)CN1CCCC1CC. The average Bonchev–Trinajstić information content (AvgIpc) is 2.71. The highest BCUT2D eigenvalue weighted by molar-refractivity contribution is 4.81. The van der Waals surface area contributed by atoms with E-state index in [1.807, 2.05) is 0 Å². The topological polar surface area (TPSA) is 35.5 Å². The molecule has 0 saturated carbocycles. The van der Waals surface area contributed by atoms with E-state index in [0.29, 0.717) is 0 Å². The molecule has 3 nitrogen and oxygen atoms in total. The first-order valence-corrected chi connectivity index (χ1v) is 6.40. The predicted octanol–water partition coefficient (Wildman–Crippen LogP) is 1.22. The zero-order valence-corrected chi connectivity index (χ0v) is 10.2. The zero-order valence-electron chi connectivity index (χ0n) is 10.2. The van der Waals surface area contributed by atoms with Crippen LogP contribution in [0.25, 0.3) is 0 Å². The van der Waals surface area contributed by atoms with Crippen molar-refractivity contribution >= 4 is 0 Å². The first kappa shape index (κ1) is 12.9. The van der Waals surface area contributed by atoms with Gasteiger partial charge in [0.05, 0.1) is 6.61 Å². The van der Waals surface area contributed by atoms with Crippen LogP contribution in [-0.2, 0) is 0 Å². The van der Waals surface area contributed by atoms with E-state index >= 15 is 0 Å². The molecule has 1 heterocycles. The highest BCUT2D eigenvalue weighted by Gasteiger charge is 2.24. The van der Waals surface area contributed by atoms with Gasteiger partial charge in [-0.25, -0.2) is 0 Å². The Bertz CT molecular complexity index is 164. The Kier molecular flexibility index (Phi) is 6.22. The van der Waals surface area contributed by atoms with Gasteiger partial charge in [-0.1, -0.05) is 13.8 Å². The summed E-state index contributed by atoms with van der Waals surface area (Å²) >= 11 is 0. The van der Waals surface area contributed by atoms with E-state index in [-0.39, 0.29) is 12.6 Å². The van der Waals surface area contributed by atoms with E-state index in [4.69, 9.17) is 0 Å². The first-order valence-electron chi connectivity index (χ1n) is 6.40. The van der Waals surface area contributed by atoms with Gasteiger partial charge in [0.15, 0.2) is 0 Å². The highest BCUT2D eigenvalue weighted by atomic mass is 16.3. The number of hydrogen-bond acceptors (Lipinski definition) is 3. The van der Waals surface area contributed by atoms with Gasteiger partial charge in [-0.3, -0.25) is 4.90 Å². The lowest BCUT2D eigenvalue weighted by atomic mass is 10.1. The van der Waals surface area contributed by atoms with Crippen molar-refractivity contribution in [2.24, 2.45) is 0 Å². The van der Waals surface area contributed by atoms with Crippen LogP contribution in [0.4, 0.5) is 0 Å². The van der Waals surface area contributed by atoms with Crippen LogP contribution in [0.1, 0.15) is 39.5 Å². The largest absolute Gasteiger partial charge is 0.395 e. The Morgan fingerprint density at radius 2 is 2.27 bits per heavy atom. The summed E-state index contributed by atoms with van der Waals surface area (Å²) in [6.45, 7) is 7.91. The van der Waals surface area contributed by atoms with Crippen molar-refractivity contribution < 1.29 is 5.11 Å². The summed E-state index contributed by atoms with van der Waals surface area (Å²) in [5.74, 6) is 0. The van der Waals surface area contributed by atoms with Crippen LogP contribution < -0.4 is 5.32 Å². The van der Waals surface area contributed by atoms with Gasteiger partial charge < -0.3 is 10.4 Å². The maximum atomic E-state index is 9.28. The van der Waals surface area contributed by atoms with Crippen LogP contribution >= 0.6 is 0 Å². The number of rotatable bonds is 7. The molecule has 0 radical (unpaired) electrons. The van der Waals surface area contributed by atoms with Gasteiger partial charge in [0.2, 0.25) is 0 Å². The third-order valence-corrected chi connectivity index (χ3v) is 3.33. The molecular formula is C12H26N2O. The summed E-state index contributed by atoms with van der Waals surface area (Å²) in [6.07, 6.45) is 5.03. The van der Waals surface area contributed by atoms with E-state index in [1.54, 1.807) is 0 Å². The molecule has 2 atom stereocenters. The summed E-state index contributed by atoms with van der Waals surface area (Å²) in [6, 6.07) is 1.01. The maximum absolute atomic E-state index is 9.28. The minimum absolute atomic E-state index is 0.257. The van der Waals surface area contributed by atoms with Crippen LogP contribution in [0.5, 0.6) is 0 Å². The molecule has 3 heteroatoms. The molecule has 0 aromatic carbocycles. The maximum Gasteiger partial charge on any atom is 0.0597 e. The van der Waals surface area contributed by atoms with E-state index in [1.165, 1.54) is 25.8 Å². The second-order valence-corrected chi connectivity index (χ2v) is 4.53. The molecule has 2 unspecified atom stereocenters. The number of hydrogen-bond donors (Lipinski definition) is 2. The number of aliphatic hydroxyl groups excluding tert-OH is 1. The van der Waals surface area contributed by atoms with Crippen molar-refractivity contribution in [1.29, 1.82) is 0 Å². The van der Waals surface area contributed by atoms with Gasteiger partial charge in [-0.05, 0) is 38.8 Å². The summed E-state index contributed by atoms with van der Waals surface area (Å²) in [5, 5.41) is 12.7. The van der Waals surface area contributed by atoms with Crippen LogP contribution in [0, 0.1) is 0 Å². The van der Waals surface area contributed by atoms with Gasteiger partial charge in [0, 0.05) is 18.6 Å². The Morgan fingerprint density at radius 1 is 1.47 bits per heavy atom. The molecule has 0 aliphatic carbocycles. The van der Waals surface area contributed by atoms with E-state index in [9.17, 15) is 5.11 Å². The molecule has 1 fully saturated rings. The predicted molar refractivity (Wildman–Crippen MR) is 64.1 cm³/mol. The minimum atomic E-state index is 0.257. The lowest BCUT2D eigenvalue weighted by Crippen LogP contribution is -2.45. The summed E-state index contributed by atoms with van der Waals surface area (Å²) < 4.78 is 0. The van der Waals surface area contributed by atoms with Crippen molar-refractivity contribution in [3.8, 4) is 0 Å². The van der Waals surface area contributed by atoms with Crippen LogP contribution in [0.3, 0.4) is 0 Å². The van der Waals surface area contributed by atoms with E-state index in [2.05, 4.69) is 24.1 Å². The van der Waals surface area contributed by atoms with Crippen LogP contribution in [0.2, 0.25) is 0 Å². The van der Waals surface area contributed by atoms with Crippen LogP contribution in [-0.4, -0.2) is 48.3 Å². The molecule has 15 heavy (non-hydrogen) atoms. The fourth-order valence-electron chi connectivity index (χ4n) is 2.42. The molecule has 0 amide bonds. The third kappa shape index (κ3) is 4.09. The highest BCUT2D eigenvalue weighted by Crippen LogP contribution is 2.19. The Labute approximate surface area is 93.9 Å². The molecular weight excluding hydrogens is 188 g/mol. The van der Waals surface area contributed by atoms with Crippen molar-refractivity contribution in [3.05, 3.63) is 0 Å². The number of nitrogens with zero attached hydrogens (tertiary/aromatic N) is 1. The summed E-state index contributed by atoms with van der Waals surface area (Å²) in [4.78, 5) is 2.53. The molecule has 90 valence electrons. The number of aliphatic hydroxyl groups is 1. The molecule has 1 aliphatic rings. The van der Waals surface area contributed by atoms with Crippen molar-refractivity contribution in [3.63, 3.8) is 0 Å². The van der Waals surface area contributed by atoms with Crippen molar-refractivity contribution in [2.75, 3.05) is 26.2 Å². The molecule has 2 N–H and O–H groups in total. The molecule has 0 spiro atoms. The monoisotopic (exact) mass is 214 g/mol. The first-order chi connectivity index (χ1) is 7.31. The Hall–Kier alpha value is -0.120. The molecule has 1 rings (SSSR count). The van der Waals surface area contributed by atoms with Gasteiger partial charge in [0.25, 0.3) is 0 Å². The second kappa shape index (κ2) is 7.20. The fourth-order valence-corrected chi connectivity index (χ4v) is 2.42. The third-order valence-electron chi connectivity index (χ3n) is 3.33. The quantitative estimate of drug-likeness (QED) is 0.669. The van der Waals surface area contributed by atoms with Gasteiger partial charge in [-0.2, -0.15) is 0 Å². The lowest BCUT2D eigenvalue weighted by molar-refractivity contribution is 0.170. The van der Waals surface area contributed by atoms with Crippen molar-refractivity contribution in [2.45, 2.75) is 51.6 Å². The molecule has 1 saturated heterocycles. The lowest BCUT2D eigenvalue weighted by Gasteiger charge is -2.28. The van der Waals surface area contributed by atoms with Gasteiger partial charge in [-0.15, -0.1) is 0 Å². The zero-order chi connectivity index (χ0) is 11.1. The summed E-state index contributed by atoms with van der Waals surface area (Å²) in [5.41, 5.74) is 0. The Balaban J connectivity index is 2.29. The van der Waals surface area contributed by atoms with Crippen LogP contribution in [0.15, 0.2) is 0 Å². The average molecular weight is 214 g/mol. The Morgan fingerprint density at radius 3 is 2.87 bits per heavy atom. The smallest absolute Gasteiger partial charge is 0.0597 e. The number of nitrogens with one attached hydrogen (secondary N) is 1. The molecule has 0 bridgehead atoms. The van der Waals surface area contributed by atoms with Crippen molar-refractivity contribution in [1.82, 2.24) is 10.2 Å². The second-order valence-electron chi connectivity index (χ2n) is 4.53. The molecule has 0 aromatic rings. The van der Waals surface area contributed by atoms with E-state index < -0.39 is 0 Å². The molecule has 1 aliphatic heterocycles. The normalized spacial score (nSPS) is 24.6. The minimum Gasteiger partial charge on any atom is -0.395 e. The van der Waals surface area contributed by atoms with Gasteiger partial charge >= 0.3 is 0 Å². The number of likely N-dealkylation sites (tertiary alicyclic amines) is 1. The standard InChI is InChI=1S/C12H26N2O/c1-3-7-13-11(10-15)9-14-8-5-6-12(14)4-2/h11-13,15H,3-10H2,1-2H3.